The van der Waals surface area contributed by atoms with Gasteiger partial charge in [0.25, 0.3) is 0 Å². The van der Waals surface area contributed by atoms with E-state index < -0.39 is 11.2 Å². The molecule has 2 amide bonds. The van der Waals surface area contributed by atoms with Crippen LogP contribution < -0.4 is 4.90 Å². The molecule has 2 aliphatic heterocycles. The van der Waals surface area contributed by atoms with E-state index in [2.05, 4.69) is 10.2 Å². The minimum atomic E-state index is -4.56. The normalized spacial score (nSPS) is 24.4. The molecule has 2 saturated heterocycles. The summed E-state index contributed by atoms with van der Waals surface area (Å²) in [6.07, 6.45) is -4.91. The molecule has 22 heavy (non-hydrogen) atoms. The summed E-state index contributed by atoms with van der Waals surface area (Å²) in [6.45, 7) is 2.71. The third kappa shape index (κ3) is 2.75. The molecule has 0 saturated carbocycles. The molecule has 2 fully saturated rings. The van der Waals surface area contributed by atoms with Crippen LogP contribution in [0.4, 0.5) is 23.1 Å². The van der Waals surface area contributed by atoms with Crippen molar-refractivity contribution in [2.45, 2.75) is 12.3 Å². The first-order valence-corrected chi connectivity index (χ1v) is 7.46. The quantitative estimate of drug-likeness (QED) is 0.808. The minimum Gasteiger partial charge on any atom is -0.379 e. The predicted molar refractivity (Wildman–Crippen MR) is 71.6 cm³/mol. The minimum absolute atomic E-state index is 0.0295. The van der Waals surface area contributed by atoms with E-state index in [0.29, 0.717) is 44.2 Å². The molecular formula is C11H14F3N5O2S. The highest BCUT2D eigenvalue weighted by Gasteiger charge is 2.44. The number of nitrogens with zero attached hydrogens (tertiary/aromatic N) is 5. The van der Waals surface area contributed by atoms with Crippen LogP contribution in [0.3, 0.4) is 0 Å². The molecule has 0 N–H and O–H groups in total. The van der Waals surface area contributed by atoms with E-state index in [9.17, 15) is 18.0 Å². The number of halogens is 3. The molecule has 0 radical (unpaired) electrons. The summed E-state index contributed by atoms with van der Waals surface area (Å²) < 4.78 is 43.3. The third-order valence-electron chi connectivity index (χ3n) is 3.60. The van der Waals surface area contributed by atoms with Gasteiger partial charge in [0, 0.05) is 20.1 Å². The summed E-state index contributed by atoms with van der Waals surface area (Å²) in [7, 11) is 1.61. The van der Waals surface area contributed by atoms with Crippen molar-refractivity contribution in [3.05, 3.63) is 5.01 Å². The zero-order valence-electron chi connectivity index (χ0n) is 11.7. The van der Waals surface area contributed by atoms with E-state index in [1.807, 2.05) is 4.90 Å². The molecule has 0 aromatic carbocycles. The van der Waals surface area contributed by atoms with Gasteiger partial charge in [-0.15, -0.1) is 10.2 Å². The van der Waals surface area contributed by atoms with Crippen LogP contribution in [-0.4, -0.2) is 72.1 Å². The summed E-state index contributed by atoms with van der Waals surface area (Å²) in [6, 6.07) is -0.374. The maximum Gasteiger partial charge on any atom is 0.445 e. The van der Waals surface area contributed by atoms with Crippen molar-refractivity contribution in [3.63, 3.8) is 0 Å². The monoisotopic (exact) mass is 337 g/mol. The van der Waals surface area contributed by atoms with Gasteiger partial charge < -0.3 is 9.64 Å². The van der Waals surface area contributed by atoms with Gasteiger partial charge in [0.15, 0.2) is 0 Å². The number of morpholine rings is 1. The fraction of sp³-hybridized carbons (Fsp3) is 0.727. The van der Waals surface area contributed by atoms with Gasteiger partial charge in [-0.1, -0.05) is 11.3 Å². The Bertz CT molecular complexity index is 560. The third-order valence-corrected chi connectivity index (χ3v) is 4.57. The van der Waals surface area contributed by atoms with Crippen LogP contribution in [0.2, 0.25) is 0 Å². The van der Waals surface area contributed by atoms with Gasteiger partial charge in [0.05, 0.1) is 19.8 Å². The lowest BCUT2D eigenvalue weighted by atomic mass is 10.3. The average Bonchev–Trinajstić information content (AvgIpc) is 3.06. The first-order valence-electron chi connectivity index (χ1n) is 6.65. The molecule has 1 aromatic heterocycles. The van der Waals surface area contributed by atoms with Crippen molar-refractivity contribution in [2.24, 2.45) is 0 Å². The smallest absolute Gasteiger partial charge is 0.379 e. The highest BCUT2D eigenvalue weighted by atomic mass is 32.1. The van der Waals surface area contributed by atoms with Gasteiger partial charge in [0.1, 0.15) is 6.17 Å². The number of anilines is 1. The SMILES string of the molecule is CN1CC(N2CCOCC2)N(c2nnc(C(F)(F)F)s2)C1=O. The lowest BCUT2D eigenvalue weighted by Crippen LogP contribution is -2.51. The fourth-order valence-corrected chi connectivity index (χ4v) is 3.26. The molecular weight excluding hydrogens is 323 g/mol. The Morgan fingerprint density at radius 3 is 2.55 bits per heavy atom. The van der Waals surface area contributed by atoms with Crippen molar-refractivity contribution in [3.8, 4) is 0 Å². The average molecular weight is 337 g/mol. The number of carbonyl (C=O) groups is 1. The van der Waals surface area contributed by atoms with Crippen molar-refractivity contribution in [2.75, 3.05) is 44.8 Å². The number of urea groups is 1. The van der Waals surface area contributed by atoms with Crippen LogP contribution in [0.25, 0.3) is 0 Å². The molecule has 1 atom stereocenters. The Hall–Kier alpha value is -1.46. The fourth-order valence-electron chi connectivity index (χ4n) is 2.51. The predicted octanol–water partition coefficient (Wildman–Crippen LogP) is 1.09. The first kappa shape index (κ1) is 15.4. The standard InChI is InChI=1S/C11H14F3N5O2S/c1-17-6-7(18-2-4-21-5-3-18)19(10(17)20)9-16-15-8(22-9)11(12,13)14/h7H,2-6H2,1H3. The first-order chi connectivity index (χ1) is 10.4. The number of aromatic nitrogens is 2. The molecule has 3 rings (SSSR count). The van der Waals surface area contributed by atoms with Crippen molar-refractivity contribution >= 4 is 22.5 Å². The van der Waals surface area contributed by atoms with Crippen LogP contribution in [0, 0.1) is 0 Å². The number of alkyl halides is 3. The molecule has 0 aliphatic carbocycles. The summed E-state index contributed by atoms with van der Waals surface area (Å²) in [5.41, 5.74) is 0. The topological polar surface area (TPSA) is 61.8 Å². The van der Waals surface area contributed by atoms with Crippen LogP contribution in [-0.2, 0) is 10.9 Å². The molecule has 7 nitrogen and oxygen atoms in total. The maximum atomic E-state index is 12.7. The Morgan fingerprint density at radius 2 is 1.95 bits per heavy atom. The number of amides is 2. The number of rotatable bonds is 2. The number of hydrogen-bond donors (Lipinski definition) is 0. The Morgan fingerprint density at radius 1 is 1.27 bits per heavy atom. The second-order valence-electron chi connectivity index (χ2n) is 5.05. The zero-order valence-corrected chi connectivity index (χ0v) is 12.5. The largest absolute Gasteiger partial charge is 0.445 e. The number of likely N-dealkylation sites (N-methyl/N-ethyl adjacent to an activating group) is 1. The maximum absolute atomic E-state index is 12.7. The van der Waals surface area contributed by atoms with E-state index in [-0.39, 0.29) is 17.3 Å². The highest BCUT2D eigenvalue weighted by molar-refractivity contribution is 7.15. The molecule has 0 spiro atoms. The van der Waals surface area contributed by atoms with E-state index >= 15 is 0 Å². The Balaban J connectivity index is 1.87. The second-order valence-corrected chi connectivity index (χ2v) is 6.01. The van der Waals surface area contributed by atoms with Crippen LogP contribution >= 0.6 is 11.3 Å². The van der Waals surface area contributed by atoms with Gasteiger partial charge >= 0.3 is 12.2 Å². The van der Waals surface area contributed by atoms with E-state index in [0.717, 1.165) is 0 Å². The van der Waals surface area contributed by atoms with Crippen molar-refractivity contribution in [1.82, 2.24) is 20.0 Å². The van der Waals surface area contributed by atoms with Gasteiger partial charge in [-0.2, -0.15) is 13.2 Å². The lowest BCUT2D eigenvalue weighted by molar-refractivity contribution is -0.138. The molecule has 122 valence electrons. The highest BCUT2D eigenvalue weighted by Crippen LogP contribution is 2.36. The van der Waals surface area contributed by atoms with E-state index in [1.165, 1.54) is 9.80 Å². The Labute approximate surface area is 128 Å². The number of hydrogen-bond acceptors (Lipinski definition) is 6. The van der Waals surface area contributed by atoms with Crippen molar-refractivity contribution < 1.29 is 22.7 Å². The summed E-state index contributed by atoms with van der Waals surface area (Å²) >= 11 is 0.384. The summed E-state index contributed by atoms with van der Waals surface area (Å²) in [4.78, 5) is 17.0. The van der Waals surface area contributed by atoms with Gasteiger partial charge in [-0.3, -0.25) is 4.90 Å². The van der Waals surface area contributed by atoms with E-state index in [4.69, 9.17) is 4.74 Å². The van der Waals surface area contributed by atoms with Gasteiger partial charge in [0.2, 0.25) is 10.1 Å². The zero-order chi connectivity index (χ0) is 15.9. The Kier molecular flexibility index (Phi) is 3.95. The van der Waals surface area contributed by atoms with Gasteiger partial charge in [-0.05, 0) is 0 Å². The van der Waals surface area contributed by atoms with E-state index in [1.54, 1.807) is 7.05 Å². The second kappa shape index (κ2) is 5.63. The lowest BCUT2D eigenvalue weighted by Gasteiger charge is -2.34. The van der Waals surface area contributed by atoms with Crippen LogP contribution in [0.15, 0.2) is 0 Å². The number of ether oxygens (including phenoxy) is 1. The van der Waals surface area contributed by atoms with Crippen LogP contribution in [0.5, 0.6) is 0 Å². The molecule has 0 bridgehead atoms. The summed E-state index contributed by atoms with van der Waals surface area (Å²) in [5, 5.41) is 5.64. The summed E-state index contributed by atoms with van der Waals surface area (Å²) in [5.74, 6) is 0. The van der Waals surface area contributed by atoms with Crippen molar-refractivity contribution in [1.29, 1.82) is 0 Å². The molecule has 11 heteroatoms. The molecule has 1 aromatic rings. The number of carbonyl (C=O) groups excluding carboxylic acids is 1. The van der Waals surface area contributed by atoms with Gasteiger partial charge in [-0.25, -0.2) is 9.69 Å². The van der Waals surface area contributed by atoms with Crippen LogP contribution in [0.1, 0.15) is 5.01 Å². The molecule has 2 aliphatic rings. The molecule has 1 unspecified atom stereocenters. The molecule has 3 heterocycles.